The number of nitrogens with zero attached hydrogens (tertiary/aromatic N) is 1. The molecule has 138 valence electrons. The van der Waals surface area contributed by atoms with Gasteiger partial charge in [-0.15, -0.1) is 22.7 Å². The van der Waals surface area contributed by atoms with E-state index >= 15 is 0 Å². The van der Waals surface area contributed by atoms with Crippen LogP contribution < -0.4 is 5.73 Å². The van der Waals surface area contributed by atoms with E-state index in [4.69, 9.17) is 27.1 Å². The standard InChI is InChI=1S/C21H19ClN2OS2/c1-13-16-9-15(22)7-8-19(16)27-20(13)18-12-26-21(24-18)17(23)11-25-10-14-5-3-2-4-6-14/h2-9,12,17H,10-11,23H2,1H3. The largest absolute Gasteiger partial charge is 0.375 e. The number of ether oxygens (including phenoxy) is 1. The molecule has 0 spiro atoms. The fourth-order valence-electron chi connectivity index (χ4n) is 2.95. The third-order valence-electron chi connectivity index (χ3n) is 4.38. The zero-order chi connectivity index (χ0) is 18.8. The van der Waals surface area contributed by atoms with Gasteiger partial charge in [0.25, 0.3) is 0 Å². The second-order valence-electron chi connectivity index (χ2n) is 6.37. The number of halogens is 1. The second-order valence-corrected chi connectivity index (χ2v) is 8.75. The number of hydrogen-bond acceptors (Lipinski definition) is 5. The van der Waals surface area contributed by atoms with E-state index in [2.05, 4.69) is 18.4 Å². The molecule has 1 unspecified atom stereocenters. The highest BCUT2D eigenvalue weighted by molar-refractivity contribution is 7.22. The van der Waals surface area contributed by atoms with Gasteiger partial charge in [0.15, 0.2) is 0 Å². The van der Waals surface area contributed by atoms with E-state index in [1.807, 2.05) is 42.5 Å². The topological polar surface area (TPSA) is 48.1 Å². The Hall–Kier alpha value is -1.76. The molecule has 1 atom stereocenters. The van der Waals surface area contributed by atoms with E-state index in [9.17, 15) is 0 Å². The minimum absolute atomic E-state index is 0.225. The molecular formula is C21H19ClN2OS2. The van der Waals surface area contributed by atoms with Gasteiger partial charge >= 0.3 is 0 Å². The highest BCUT2D eigenvalue weighted by atomic mass is 35.5. The van der Waals surface area contributed by atoms with Crippen LogP contribution in [0.25, 0.3) is 20.7 Å². The number of fused-ring (bicyclic) bond motifs is 1. The molecule has 0 aliphatic carbocycles. The van der Waals surface area contributed by atoms with Crippen LogP contribution in [-0.2, 0) is 11.3 Å². The van der Waals surface area contributed by atoms with E-state index in [1.165, 1.54) is 20.5 Å². The molecular weight excluding hydrogens is 396 g/mol. The van der Waals surface area contributed by atoms with Crippen LogP contribution in [0.1, 0.15) is 22.2 Å². The average molecular weight is 415 g/mol. The Kier molecular flexibility index (Phi) is 5.57. The molecule has 0 aliphatic rings. The van der Waals surface area contributed by atoms with Crippen LogP contribution in [0.15, 0.2) is 53.9 Å². The Morgan fingerprint density at radius 2 is 2.00 bits per heavy atom. The molecule has 27 heavy (non-hydrogen) atoms. The van der Waals surface area contributed by atoms with E-state index in [-0.39, 0.29) is 6.04 Å². The number of hydrogen-bond donors (Lipinski definition) is 1. The molecule has 6 heteroatoms. The van der Waals surface area contributed by atoms with Crippen molar-refractivity contribution in [2.24, 2.45) is 5.73 Å². The van der Waals surface area contributed by atoms with E-state index in [1.54, 1.807) is 22.7 Å². The molecule has 2 N–H and O–H groups in total. The number of thiophene rings is 1. The van der Waals surface area contributed by atoms with Gasteiger partial charge in [-0.3, -0.25) is 0 Å². The first kappa shape index (κ1) is 18.6. The van der Waals surface area contributed by atoms with Crippen molar-refractivity contribution >= 4 is 44.4 Å². The zero-order valence-electron chi connectivity index (χ0n) is 14.8. The summed E-state index contributed by atoms with van der Waals surface area (Å²) in [6.07, 6.45) is 0. The van der Waals surface area contributed by atoms with Crippen molar-refractivity contribution in [3.8, 4) is 10.6 Å². The second kappa shape index (κ2) is 8.09. The molecule has 4 rings (SSSR count). The van der Waals surface area contributed by atoms with Crippen LogP contribution in [0, 0.1) is 6.92 Å². The maximum atomic E-state index is 6.29. The lowest BCUT2D eigenvalue weighted by molar-refractivity contribution is 0.108. The first-order valence-corrected chi connectivity index (χ1v) is 10.7. The fourth-order valence-corrected chi connectivity index (χ4v) is 5.14. The molecule has 0 saturated heterocycles. The highest BCUT2D eigenvalue weighted by Crippen LogP contribution is 2.39. The van der Waals surface area contributed by atoms with Crippen molar-refractivity contribution in [1.29, 1.82) is 0 Å². The van der Waals surface area contributed by atoms with Crippen LogP contribution in [0.2, 0.25) is 5.02 Å². The molecule has 2 heterocycles. The Bertz CT molecular complexity index is 1060. The van der Waals surface area contributed by atoms with Gasteiger partial charge in [-0.05, 0) is 41.6 Å². The van der Waals surface area contributed by atoms with Gasteiger partial charge in [-0.1, -0.05) is 41.9 Å². The Labute approximate surface area is 171 Å². The summed E-state index contributed by atoms with van der Waals surface area (Å²) in [5, 5.41) is 4.91. The molecule has 0 saturated carbocycles. The van der Waals surface area contributed by atoms with Crippen molar-refractivity contribution in [2.75, 3.05) is 6.61 Å². The summed E-state index contributed by atoms with van der Waals surface area (Å²) >= 11 is 9.47. The van der Waals surface area contributed by atoms with Gasteiger partial charge in [0.1, 0.15) is 5.01 Å². The summed E-state index contributed by atoms with van der Waals surface area (Å²) in [5.41, 5.74) is 9.62. The molecule has 0 bridgehead atoms. The summed E-state index contributed by atoms with van der Waals surface area (Å²) in [6.45, 7) is 3.12. The molecule has 4 aromatic rings. The van der Waals surface area contributed by atoms with Gasteiger partial charge < -0.3 is 10.5 Å². The van der Waals surface area contributed by atoms with Gasteiger partial charge in [0.2, 0.25) is 0 Å². The number of aryl methyl sites for hydroxylation is 1. The first-order chi connectivity index (χ1) is 13.1. The number of thiazole rings is 1. The normalized spacial score (nSPS) is 12.6. The van der Waals surface area contributed by atoms with E-state index in [0.29, 0.717) is 13.2 Å². The quantitative estimate of drug-likeness (QED) is 0.408. The highest BCUT2D eigenvalue weighted by Gasteiger charge is 2.16. The molecule has 0 amide bonds. The van der Waals surface area contributed by atoms with Gasteiger partial charge in [0, 0.05) is 15.1 Å². The van der Waals surface area contributed by atoms with Crippen LogP contribution in [0.5, 0.6) is 0 Å². The van der Waals surface area contributed by atoms with Crippen LogP contribution in [0.3, 0.4) is 0 Å². The van der Waals surface area contributed by atoms with Crippen molar-refractivity contribution in [3.05, 3.63) is 75.1 Å². The molecule has 3 nitrogen and oxygen atoms in total. The van der Waals surface area contributed by atoms with Gasteiger partial charge in [-0.2, -0.15) is 0 Å². The number of nitrogens with two attached hydrogens (primary N) is 1. The Balaban J connectivity index is 1.47. The molecule has 2 aromatic carbocycles. The summed E-state index contributed by atoms with van der Waals surface area (Å²) in [5.74, 6) is 0. The molecule has 0 aliphatic heterocycles. The van der Waals surface area contributed by atoms with Crippen molar-refractivity contribution in [2.45, 2.75) is 19.6 Å². The fraction of sp³-hybridized carbons (Fsp3) is 0.190. The predicted molar refractivity (Wildman–Crippen MR) is 116 cm³/mol. The summed E-state index contributed by atoms with van der Waals surface area (Å²) < 4.78 is 6.98. The minimum Gasteiger partial charge on any atom is -0.375 e. The smallest absolute Gasteiger partial charge is 0.112 e. The lowest BCUT2D eigenvalue weighted by Crippen LogP contribution is -2.16. The zero-order valence-corrected chi connectivity index (χ0v) is 17.2. The predicted octanol–water partition coefficient (Wildman–Crippen LogP) is 6.20. The minimum atomic E-state index is -0.225. The monoisotopic (exact) mass is 414 g/mol. The van der Waals surface area contributed by atoms with Crippen LogP contribution in [0.4, 0.5) is 0 Å². The lowest BCUT2D eigenvalue weighted by atomic mass is 10.1. The van der Waals surface area contributed by atoms with Crippen LogP contribution in [-0.4, -0.2) is 11.6 Å². The van der Waals surface area contributed by atoms with Crippen molar-refractivity contribution in [1.82, 2.24) is 4.98 Å². The van der Waals surface area contributed by atoms with Crippen molar-refractivity contribution in [3.63, 3.8) is 0 Å². The lowest BCUT2D eigenvalue weighted by Gasteiger charge is -2.09. The summed E-state index contributed by atoms with van der Waals surface area (Å²) in [7, 11) is 0. The summed E-state index contributed by atoms with van der Waals surface area (Å²) in [4.78, 5) is 5.95. The van der Waals surface area contributed by atoms with E-state index < -0.39 is 0 Å². The Morgan fingerprint density at radius 1 is 1.19 bits per heavy atom. The summed E-state index contributed by atoms with van der Waals surface area (Å²) in [6, 6.07) is 15.9. The molecule has 0 radical (unpaired) electrons. The number of aromatic nitrogens is 1. The third-order valence-corrected chi connectivity index (χ3v) is 6.89. The SMILES string of the molecule is Cc1c(-c2csc(C(N)COCc3ccccc3)n2)sc2ccc(Cl)cc12. The maximum Gasteiger partial charge on any atom is 0.112 e. The van der Waals surface area contributed by atoms with Gasteiger partial charge in [0.05, 0.1) is 29.8 Å². The molecule has 2 aromatic heterocycles. The average Bonchev–Trinajstić information content (AvgIpc) is 3.28. The van der Waals surface area contributed by atoms with Gasteiger partial charge in [-0.25, -0.2) is 4.98 Å². The third kappa shape index (κ3) is 4.08. The number of benzene rings is 2. The first-order valence-electron chi connectivity index (χ1n) is 8.63. The maximum absolute atomic E-state index is 6.29. The van der Waals surface area contributed by atoms with Crippen molar-refractivity contribution < 1.29 is 4.74 Å². The van der Waals surface area contributed by atoms with E-state index in [0.717, 1.165) is 21.3 Å². The van der Waals surface area contributed by atoms with Crippen LogP contribution >= 0.6 is 34.3 Å². The Morgan fingerprint density at radius 3 is 2.81 bits per heavy atom. The molecule has 0 fully saturated rings. The number of rotatable bonds is 6.